The average Bonchev–Trinajstić information content (AvgIpc) is 2.74. The fraction of sp³-hybridized carbons (Fsp3) is 0.136. The topological polar surface area (TPSA) is 125 Å². The van der Waals surface area contributed by atoms with Gasteiger partial charge in [0, 0.05) is 13.3 Å². The molecule has 0 spiro atoms. The van der Waals surface area contributed by atoms with Crippen molar-refractivity contribution in [2.24, 2.45) is 12.0 Å². The highest BCUT2D eigenvalue weighted by Crippen LogP contribution is 2.23. The van der Waals surface area contributed by atoms with Crippen LogP contribution in [0.3, 0.4) is 0 Å². The van der Waals surface area contributed by atoms with Crippen molar-refractivity contribution >= 4 is 27.6 Å². The van der Waals surface area contributed by atoms with Gasteiger partial charge in [0.25, 0.3) is 15.6 Å². The summed E-state index contributed by atoms with van der Waals surface area (Å²) in [7, 11) is -2.41. The smallest absolute Gasteiger partial charge is 0.271 e. The van der Waals surface area contributed by atoms with E-state index in [0.29, 0.717) is 16.9 Å². The largest absolute Gasteiger partial charge is 0.494 e. The van der Waals surface area contributed by atoms with Gasteiger partial charge in [-0.3, -0.25) is 19.1 Å². The van der Waals surface area contributed by atoms with Crippen molar-refractivity contribution < 1.29 is 13.5 Å². The molecular formula is C22H20N4O4S. The third kappa shape index (κ3) is 4.34. The molecule has 0 fully saturated rings. The van der Waals surface area contributed by atoms with E-state index in [1.807, 2.05) is 25.1 Å². The minimum atomic E-state index is -3.77. The molecule has 3 rings (SSSR count). The fourth-order valence-electron chi connectivity index (χ4n) is 2.94. The Hall–Kier alpha value is -3.90. The van der Waals surface area contributed by atoms with E-state index in [0.717, 1.165) is 10.1 Å². The molecule has 0 aliphatic carbocycles. The second-order valence-corrected chi connectivity index (χ2v) is 8.57. The molecule has 0 bridgehead atoms. The van der Waals surface area contributed by atoms with Gasteiger partial charge < -0.3 is 5.11 Å². The highest BCUT2D eigenvalue weighted by atomic mass is 32.2. The molecular weight excluding hydrogens is 416 g/mol. The molecule has 1 aromatic heterocycles. The third-order valence-electron chi connectivity index (χ3n) is 4.85. The number of aliphatic imine (C=N–C) groups is 1. The Morgan fingerprint density at radius 3 is 2.39 bits per heavy atom. The molecule has 31 heavy (non-hydrogen) atoms. The number of benzene rings is 2. The van der Waals surface area contributed by atoms with E-state index in [1.54, 1.807) is 19.1 Å². The minimum Gasteiger partial charge on any atom is -0.494 e. The Kier molecular flexibility index (Phi) is 5.95. The molecule has 0 amide bonds. The number of aryl methyl sites for hydroxylation is 1. The number of para-hydroxylation sites is 1. The van der Waals surface area contributed by atoms with Crippen LogP contribution in [-0.4, -0.2) is 24.3 Å². The van der Waals surface area contributed by atoms with Crippen molar-refractivity contribution in [3.05, 3.63) is 81.1 Å². The maximum atomic E-state index is 12.6. The zero-order valence-electron chi connectivity index (χ0n) is 17.1. The van der Waals surface area contributed by atoms with Crippen molar-refractivity contribution in [1.29, 1.82) is 5.26 Å². The normalized spacial score (nSPS) is 11.4. The molecule has 0 saturated carbocycles. The highest BCUT2D eigenvalue weighted by Gasteiger charge is 2.17. The van der Waals surface area contributed by atoms with Crippen LogP contribution in [0.15, 0.2) is 63.2 Å². The van der Waals surface area contributed by atoms with Crippen molar-refractivity contribution in [3.8, 4) is 11.9 Å². The van der Waals surface area contributed by atoms with Crippen LogP contribution in [0.5, 0.6) is 5.88 Å². The van der Waals surface area contributed by atoms with Crippen molar-refractivity contribution in [2.45, 2.75) is 18.7 Å². The van der Waals surface area contributed by atoms with E-state index in [2.05, 4.69) is 9.71 Å². The number of nitrogens with zero attached hydrogens (tertiary/aromatic N) is 3. The van der Waals surface area contributed by atoms with Gasteiger partial charge >= 0.3 is 0 Å². The lowest BCUT2D eigenvalue weighted by Gasteiger charge is -2.11. The number of nitrogens with one attached hydrogen (secondary N) is 1. The number of aromatic nitrogens is 1. The first-order valence-corrected chi connectivity index (χ1v) is 10.7. The standard InChI is InChI=1S/C22H20N4O4S/c1-14-6-4-5-7-20(14)25-31(29,30)17-10-8-16(9-11-17)24-13-19-15(2)18(12-23)21(27)26(3)22(19)28/h4-11,13,25,28H,1-3H3. The predicted octanol–water partition coefficient (Wildman–Crippen LogP) is 3.13. The minimum absolute atomic E-state index is 0.0719. The number of nitriles is 1. The van der Waals surface area contributed by atoms with E-state index in [-0.39, 0.29) is 21.9 Å². The van der Waals surface area contributed by atoms with Gasteiger partial charge in [-0.2, -0.15) is 5.26 Å². The number of hydrogen-bond acceptors (Lipinski definition) is 6. The van der Waals surface area contributed by atoms with Crippen LogP contribution < -0.4 is 10.3 Å². The molecule has 2 aromatic carbocycles. The van der Waals surface area contributed by atoms with Crippen LogP contribution in [0.4, 0.5) is 11.4 Å². The van der Waals surface area contributed by atoms with Crippen molar-refractivity contribution in [1.82, 2.24) is 4.57 Å². The molecule has 0 saturated heterocycles. The van der Waals surface area contributed by atoms with Gasteiger partial charge in [0.1, 0.15) is 11.6 Å². The Morgan fingerprint density at radius 2 is 1.77 bits per heavy atom. The summed E-state index contributed by atoms with van der Waals surface area (Å²) in [5.74, 6) is -0.313. The molecule has 0 unspecified atom stereocenters. The lowest BCUT2D eigenvalue weighted by Crippen LogP contribution is -2.22. The van der Waals surface area contributed by atoms with Gasteiger partial charge in [-0.1, -0.05) is 18.2 Å². The Morgan fingerprint density at radius 1 is 1.13 bits per heavy atom. The molecule has 0 radical (unpaired) electrons. The van der Waals surface area contributed by atoms with Crippen LogP contribution in [-0.2, 0) is 17.1 Å². The number of rotatable bonds is 5. The first kappa shape index (κ1) is 21.8. The van der Waals surface area contributed by atoms with Crippen LogP contribution in [0.1, 0.15) is 22.3 Å². The molecule has 3 aromatic rings. The van der Waals surface area contributed by atoms with Gasteiger partial charge in [-0.05, 0) is 55.3 Å². The molecule has 0 atom stereocenters. The number of anilines is 1. The molecule has 0 aliphatic rings. The summed E-state index contributed by atoms with van der Waals surface area (Å²) in [6.45, 7) is 3.36. The first-order chi connectivity index (χ1) is 14.7. The van der Waals surface area contributed by atoms with Gasteiger partial charge in [0.05, 0.1) is 21.8 Å². The number of pyridine rings is 1. The fourth-order valence-corrected chi connectivity index (χ4v) is 4.07. The summed E-state index contributed by atoms with van der Waals surface area (Å²) < 4.78 is 28.8. The van der Waals surface area contributed by atoms with Crippen LogP contribution >= 0.6 is 0 Å². The maximum Gasteiger partial charge on any atom is 0.271 e. The van der Waals surface area contributed by atoms with E-state index < -0.39 is 15.6 Å². The zero-order chi connectivity index (χ0) is 22.8. The maximum absolute atomic E-state index is 12.6. The van der Waals surface area contributed by atoms with Crippen LogP contribution in [0.2, 0.25) is 0 Å². The lowest BCUT2D eigenvalue weighted by atomic mass is 10.1. The van der Waals surface area contributed by atoms with E-state index in [1.165, 1.54) is 37.5 Å². The summed E-state index contributed by atoms with van der Waals surface area (Å²) in [6, 6.07) is 14.8. The first-order valence-electron chi connectivity index (χ1n) is 9.21. The molecule has 158 valence electrons. The third-order valence-corrected chi connectivity index (χ3v) is 6.23. The monoisotopic (exact) mass is 436 g/mol. The summed E-state index contributed by atoms with van der Waals surface area (Å²) in [5, 5.41) is 19.4. The molecule has 0 aliphatic heterocycles. The lowest BCUT2D eigenvalue weighted by molar-refractivity contribution is 0.421. The summed E-state index contributed by atoms with van der Waals surface area (Å²) >= 11 is 0. The number of hydrogen-bond donors (Lipinski definition) is 2. The highest BCUT2D eigenvalue weighted by molar-refractivity contribution is 7.92. The molecule has 8 nitrogen and oxygen atoms in total. The summed E-state index contributed by atoms with van der Waals surface area (Å²) in [4.78, 5) is 16.3. The van der Waals surface area contributed by atoms with Crippen LogP contribution in [0.25, 0.3) is 0 Å². The second-order valence-electron chi connectivity index (χ2n) is 6.89. The second kappa shape index (κ2) is 8.45. The number of sulfonamides is 1. The zero-order valence-corrected chi connectivity index (χ0v) is 17.9. The predicted molar refractivity (Wildman–Crippen MR) is 118 cm³/mol. The SMILES string of the molecule is Cc1ccccc1NS(=O)(=O)c1ccc(N=Cc2c(C)c(C#N)c(=O)n(C)c2O)cc1. The molecule has 9 heteroatoms. The van der Waals surface area contributed by atoms with E-state index in [4.69, 9.17) is 0 Å². The van der Waals surface area contributed by atoms with Gasteiger partial charge in [-0.15, -0.1) is 0 Å². The van der Waals surface area contributed by atoms with Gasteiger partial charge in [0.15, 0.2) is 0 Å². The van der Waals surface area contributed by atoms with E-state index >= 15 is 0 Å². The van der Waals surface area contributed by atoms with Crippen LogP contribution in [0, 0.1) is 25.2 Å². The average molecular weight is 436 g/mol. The Balaban J connectivity index is 1.89. The Labute approximate surface area is 179 Å². The summed E-state index contributed by atoms with van der Waals surface area (Å²) in [6.07, 6.45) is 1.33. The van der Waals surface area contributed by atoms with Crippen molar-refractivity contribution in [2.75, 3.05) is 4.72 Å². The van der Waals surface area contributed by atoms with Gasteiger partial charge in [-0.25, -0.2) is 8.42 Å². The Bertz CT molecular complexity index is 1380. The van der Waals surface area contributed by atoms with Gasteiger partial charge in [0.2, 0.25) is 5.88 Å². The number of aromatic hydroxyl groups is 1. The quantitative estimate of drug-likeness (QED) is 0.595. The summed E-state index contributed by atoms with van der Waals surface area (Å²) in [5.41, 5.74) is 1.61. The molecule has 1 heterocycles. The van der Waals surface area contributed by atoms with Crippen molar-refractivity contribution in [3.63, 3.8) is 0 Å². The van der Waals surface area contributed by atoms with E-state index in [9.17, 15) is 23.6 Å². The molecule has 2 N–H and O–H groups in total.